The summed E-state index contributed by atoms with van der Waals surface area (Å²) < 4.78 is 36.5. The Kier molecular flexibility index (Phi) is 5.50. The molecule has 0 fully saturated rings. The molecule has 0 bridgehead atoms. The van der Waals surface area contributed by atoms with Crippen LogP contribution < -0.4 is 10.2 Å². The average molecular weight is 295 g/mol. The Morgan fingerprint density at radius 3 is 2.47 bits per heavy atom. The van der Waals surface area contributed by atoms with Crippen LogP contribution in [0.1, 0.15) is 24.9 Å². The van der Waals surface area contributed by atoms with Gasteiger partial charge >= 0.3 is 6.18 Å². The summed E-state index contributed by atoms with van der Waals surface area (Å²) >= 11 is 6.12. The van der Waals surface area contributed by atoms with Crippen molar-refractivity contribution in [3.05, 3.63) is 28.8 Å². The lowest BCUT2D eigenvalue weighted by Gasteiger charge is -2.22. The summed E-state index contributed by atoms with van der Waals surface area (Å²) in [6.45, 7) is 1.88. The van der Waals surface area contributed by atoms with Crippen molar-refractivity contribution in [2.45, 2.75) is 25.6 Å². The van der Waals surface area contributed by atoms with Crippen molar-refractivity contribution in [2.24, 2.45) is 0 Å². The van der Waals surface area contributed by atoms with Gasteiger partial charge in [-0.05, 0) is 31.7 Å². The minimum absolute atomic E-state index is 0.107. The normalized spacial score (nSPS) is 13.4. The minimum atomic E-state index is -4.15. The summed E-state index contributed by atoms with van der Waals surface area (Å²) in [5.41, 5.74) is 1.61. The molecular formula is C13H18ClF3N2. The zero-order chi connectivity index (χ0) is 14.6. The highest BCUT2D eigenvalue weighted by atomic mass is 35.5. The van der Waals surface area contributed by atoms with Gasteiger partial charge in [0.1, 0.15) is 0 Å². The number of hydrogen-bond acceptors (Lipinski definition) is 2. The van der Waals surface area contributed by atoms with Gasteiger partial charge in [0.15, 0.2) is 0 Å². The van der Waals surface area contributed by atoms with Gasteiger partial charge in [-0.25, -0.2) is 0 Å². The molecule has 0 amide bonds. The van der Waals surface area contributed by atoms with E-state index in [0.29, 0.717) is 10.7 Å². The smallest absolute Gasteiger partial charge is 0.373 e. The largest absolute Gasteiger partial charge is 0.390 e. The van der Waals surface area contributed by atoms with E-state index in [2.05, 4.69) is 5.32 Å². The van der Waals surface area contributed by atoms with E-state index in [1.807, 2.05) is 20.0 Å². The Balaban J connectivity index is 2.79. The molecule has 0 spiro atoms. The first-order chi connectivity index (χ1) is 8.74. The summed E-state index contributed by atoms with van der Waals surface area (Å²) in [6.07, 6.45) is -5.00. The molecule has 19 heavy (non-hydrogen) atoms. The minimum Gasteiger partial charge on any atom is -0.373 e. The van der Waals surface area contributed by atoms with Crippen LogP contribution in [0.25, 0.3) is 0 Å². The second-order valence-corrected chi connectivity index (χ2v) is 4.92. The number of benzene rings is 1. The number of nitrogens with one attached hydrogen (secondary N) is 1. The second kappa shape index (κ2) is 6.48. The van der Waals surface area contributed by atoms with Crippen molar-refractivity contribution in [1.29, 1.82) is 0 Å². The van der Waals surface area contributed by atoms with Crippen LogP contribution in [-0.2, 0) is 0 Å². The highest BCUT2D eigenvalue weighted by Crippen LogP contribution is 2.29. The average Bonchev–Trinajstić information content (AvgIpc) is 2.34. The van der Waals surface area contributed by atoms with Crippen LogP contribution in [-0.4, -0.2) is 26.8 Å². The van der Waals surface area contributed by atoms with Crippen LogP contribution in [0.4, 0.5) is 18.9 Å². The molecular weight excluding hydrogens is 277 g/mol. The molecule has 0 aliphatic rings. The van der Waals surface area contributed by atoms with Crippen LogP contribution in [0, 0.1) is 0 Å². The molecule has 1 aromatic rings. The molecule has 108 valence electrons. The third kappa shape index (κ3) is 4.91. The lowest BCUT2D eigenvalue weighted by Crippen LogP contribution is -2.24. The molecule has 0 radical (unpaired) electrons. The first-order valence-electron chi connectivity index (χ1n) is 5.99. The van der Waals surface area contributed by atoms with E-state index in [1.165, 1.54) is 4.90 Å². The maximum atomic E-state index is 12.2. The maximum Gasteiger partial charge on any atom is 0.390 e. The van der Waals surface area contributed by atoms with Crippen molar-refractivity contribution in [1.82, 2.24) is 5.32 Å². The standard InChI is InChI=1S/C13H18ClF3N2/c1-9(18-2)10-4-5-12(11(14)8-10)19(3)7-6-13(15,16)17/h4-5,8-9,18H,6-7H2,1-3H3. The van der Waals surface area contributed by atoms with Crippen molar-refractivity contribution in [3.8, 4) is 0 Å². The summed E-state index contributed by atoms with van der Waals surface area (Å²) in [6, 6.07) is 5.54. The quantitative estimate of drug-likeness (QED) is 0.883. The van der Waals surface area contributed by atoms with Crippen LogP contribution in [0.2, 0.25) is 5.02 Å². The van der Waals surface area contributed by atoms with Gasteiger partial charge in [0.2, 0.25) is 0 Å². The van der Waals surface area contributed by atoms with Crippen LogP contribution in [0.5, 0.6) is 0 Å². The molecule has 0 heterocycles. The molecule has 0 saturated heterocycles. The molecule has 0 aliphatic carbocycles. The molecule has 0 saturated carbocycles. The molecule has 2 nitrogen and oxygen atoms in total. The molecule has 1 aromatic carbocycles. The van der Waals surface area contributed by atoms with Crippen LogP contribution >= 0.6 is 11.6 Å². The van der Waals surface area contributed by atoms with E-state index in [0.717, 1.165) is 5.56 Å². The van der Waals surface area contributed by atoms with Crippen molar-refractivity contribution in [3.63, 3.8) is 0 Å². The number of alkyl halides is 3. The van der Waals surface area contributed by atoms with E-state index in [9.17, 15) is 13.2 Å². The van der Waals surface area contributed by atoms with Gasteiger partial charge in [-0.15, -0.1) is 0 Å². The monoisotopic (exact) mass is 294 g/mol. The topological polar surface area (TPSA) is 15.3 Å². The Labute approximate surface area is 116 Å². The predicted molar refractivity (Wildman–Crippen MR) is 72.9 cm³/mol. The summed E-state index contributed by atoms with van der Waals surface area (Å²) in [4.78, 5) is 1.52. The fourth-order valence-electron chi connectivity index (χ4n) is 1.68. The lowest BCUT2D eigenvalue weighted by molar-refractivity contribution is -0.132. The summed E-state index contributed by atoms with van der Waals surface area (Å²) in [5.74, 6) is 0. The summed E-state index contributed by atoms with van der Waals surface area (Å²) in [7, 11) is 3.44. The Morgan fingerprint density at radius 2 is 2.00 bits per heavy atom. The molecule has 0 aliphatic heterocycles. The number of rotatable bonds is 5. The maximum absolute atomic E-state index is 12.2. The number of halogens is 4. The molecule has 6 heteroatoms. The van der Waals surface area contributed by atoms with E-state index in [1.54, 1.807) is 19.2 Å². The summed E-state index contributed by atoms with van der Waals surface area (Å²) in [5, 5.41) is 3.54. The number of nitrogens with zero attached hydrogens (tertiary/aromatic N) is 1. The highest BCUT2D eigenvalue weighted by Gasteiger charge is 2.27. The first kappa shape index (κ1) is 16.1. The van der Waals surface area contributed by atoms with Gasteiger partial charge in [-0.1, -0.05) is 17.7 Å². The highest BCUT2D eigenvalue weighted by molar-refractivity contribution is 6.33. The molecule has 1 atom stereocenters. The third-order valence-corrected chi connectivity index (χ3v) is 3.35. The van der Waals surface area contributed by atoms with E-state index in [-0.39, 0.29) is 12.6 Å². The predicted octanol–water partition coefficient (Wildman–Crippen LogP) is 4.01. The molecule has 1 N–H and O–H groups in total. The van der Waals surface area contributed by atoms with Gasteiger partial charge in [0.05, 0.1) is 17.1 Å². The Morgan fingerprint density at radius 1 is 1.37 bits per heavy atom. The van der Waals surface area contributed by atoms with Gasteiger partial charge < -0.3 is 10.2 Å². The zero-order valence-corrected chi connectivity index (χ0v) is 11.9. The van der Waals surface area contributed by atoms with Gasteiger partial charge in [-0.2, -0.15) is 13.2 Å². The lowest BCUT2D eigenvalue weighted by atomic mass is 10.1. The number of anilines is 1. The first-order valence-corrected chi connectivity index (χ1v) is 6.37. The van der Waals surface area contributed by atoms with Gasteiger partial charge in [0, 0.05) is 19.6 Å². The zero-order valence-electron chi connectivity index (χ0n) is 11.2. The van der Waals surface area contributed by atoms with E-state index < -0.39 is 12.6 Å². The van der Waals surface area contributed by atoms with Crippen LogP contribution in [0.3, 0.4) is 0 Å². The molecule has 0 aromatic heterocycles. The van der Waals surface area contributed by atoms with E-state index in [4.69, 9.17) is 11.6 Å². The van der Waals surface area contributed by atoms with Crippen molar-refractivity contribution in [2.75, 3.05) is 25.5 Å². The van der Waals surface area contributed by atoms with Gasteiger partial charge in [-0.3, -0.25) is 0 Å². The fourth-order valence-corrected chi connectivity index (χ4v) is 2.02. The Hall–Kier alpha value is -0.940. The SMILES string of the molecule is CNC(C)c1ccc(N(C)CCC(F)(F)F)c(Cl)c1. The number of hydrogen-bond donors (Lipinski definition) is 1. The third-order valence-electron chi connectivity index (χ3n) is 3.05. The fraction of sp³-hybridized carbons (Fsp3) is 0.538. The van der Waals surface area contributed by atoms with Gasteiger partial charge in [0.25, 0.3) is 0 Å². The van der Waals surface area contributed by atoms with Crippen LogP contribution in [0.15, 0.2) is 18.2 Å². The molecule has 1 unspecified atom stereocenters. The van der Waals surface area contributed by atoms with E-state index >= 15 is 0 Å². The van der Waals surface area contributed by atoms with Crippen molar-refractivity contribution >= 4 is 17.3 Å². The van der Waals surface area contributed by atoms with Crippen molar-refractivity contribution < 1.29 is 13.2 Å². The molecule has 1 rings (SSSR count). The second-order valence-electron chi connectivity index (χ2n) is 4.51. The Bertz CT molecular complexity index is 421.